The van der Waals surface area contributed by atoms with Gasteiger partial charge in [0.1, 0.15) is 12.6 Å². The second-order valence-electron chi connectivity index (χ2n) is 8.36. The van der Waals surface area contributed by atoms with Gasteiger partial charge in [-0.3, -0.25) is 4.79 Å². The number of likely N-dealkylation sites (tertiary alicyclic amines) is 1. The molecule has 4 rings (SSSR count). The molecule has 1 aliphatic heterocycles. The van der Waals surface area contributed by atoms with Crippen LogP contribution in [-0.4, -0.2) is 64.4 Å². The molecule has 1 heterocycles. The Balaban J connectivity index is 1.33. The van der Waals surface area contributed by atoms with Crippen molar-refractivity contribution < 1.29 is 29.3 Å². The van der Waals surface area contributed by atoms with Crippen molar-refractivity contribution in [1.29, 1.82) is 0 Å². The van der Waals surface area contributed by atoms with E-state index in [4.69, 9.17) is 4.74 Å². The first-order chi connectivity index (χ1) is 15.3. The molecule has 168 valence electrons. The Labute approximate surface area is 185 Å². The van der Waals surface area contributed by atoms with E-state index in [1.54, 1.807) is 6.92 Å². The highest BCUT2D eigenvalue weighted by atomic mass is 16.5. The first kappa shape index (κ1) is 21.8. The number of carbonyl (C=O) groups excluding carboxylic acids is 2. The van der Waals surface area contributed by atoms with Gasteiger partial charge in [-0.15, -0.1) is 0 Å². The van der Waals surface area contributed by atoms with Crippen molar-refractivity contribution in [3.05, 3.63) is 59.7 Å². The topological polar surface area (TPSA) is 116 Å². The number of carboxylic acids is 1. The maximum atomic E-state index is 12.5. The van der Waals surface area contributed by atoms with E-state index in [1.807, 2.05) is 36.4 Å². The number of benzene rings is 2. The van der Waals surface area contributed by atoms with Crippen LogP contribution in [0.1, 0.15) is 36.8 Å². The molecule has 1 saturated heterocycles. The standard InChI is InChI=1S/C24H26N2O6/c1-14(10-22(28)26-12-15(27)11-21(26)23(29)30)25-24(31)32-13-20-18-8-4-2-6-16(18)17-7-3-5-9-19(17)20/h2-9,14-15,20-21,27H,10-13H2,1H3,(H,25,31)(H,29,30)/t14-,15-,21-/m1/s1. The van der Waals surface area contributed by atoms with Crippen molar-refractivity contribution >= 4 is 18.0 Å². The summed E-state index contributed by atoms with van der Waals surface area (Å²) in [6, 6.07) is 14.5. The number of aliphatic hydroxyl groups excluding tert-OH is 1. The summed E-state index contributed by atoms with van der Waals surface area (Å²) in [6.45, 7) is 1.80. The van der Waals surface area contributed by atoms with Gasteiger partial charge in [0.05, 0.1) is 6.10 Å². The number of aliphatic carboxylic acids is 1. The summed E-state index contributed by atoms with van der Waals surface area (Å²) < 4.78 is 5.48. The molecule has 0 unspecified atom stereocenters. The molecule has 0 bridgehead atoms. The summed E-state index contributed by atoms with van der Waals surface area (Å²) in [6.07, 6.45) is -1.57. The lowest BCUT2D eigenvalue weighted by atomic mass is 9.98. The number of ether oxygens (including phenoxy) is 1. The number of aliphatic hydroxyl groups is 1. The second kappa shape index (κ2) is 9.00. The van der Waals surface area contributed by atoms with Crippen molar-refractivity contribution in [2.75, 3.05) is 13.2 Å². The number of hydrogen-bond acceptors (Lipinski definition) is 5. The van der Waals surface area contributed by atoms with Crippen LogP contribution < -0.4 is 5.32 Å². The highest BCUT2D eigenvalue weighted by molar-refractivity contribution is 5.85. The fraction of sp³-hybridized carbons (Fsp3) is 0.375. The molecule has 2 aromatic rings. The van der Waals surface area contributed by atoms with E-state index in [-0.39, 0.29) is 31.9 Å². The minimum atomic E-state index is -1.15. The molecule has 0 radical (unpaired) electrons. The summed E-state index contributed by atoms with van der Waals surface area (Å²) in [5.41, 5.74) is 4.49. The normalized spacial score (nSPS) is 20.4. The molecule has 1 fully saturated rings. The van der Waals surface area contributed by atoms with E-state index in [9.17, 15) is 24.6 Å². The van der Waals surface area contributed by atoms with Gasteiger partial charge in [-0.25, -0.2) is 9.59 Å². The number of alkyl carbamates (subject to hydrolysis) is 1. The third-order valence-corrected chi connectivity index (χ3v) is 6.07. The lowest BCUT2D eigenvalue weighted by molar-refractivity contribution is -0.148. The Morgan fingerprint density at radius 3 is 2.28 bits per heavy atom. The van der Waals surface area contributed by atoms with Gasteiger partial charge in [-0.2, -0.15) is 0 Å². The summed E-state index contributed by atoms with van der Waals surface area (Å²) >= 11 is 0. The van der Waals surface area contributed by atoms with Crippen molar-refractivity contribution in [2.45, 2.75) is 43.9 Å². The number of carbonyl (C=O) groups is 3. The fourth-order valence-electron chi connectivity index (χ4n) is 4.60. The Bertz CT molecular complexity index is 993. The first-order valence-corrected chi connectivity index (χ1v) is 10.7. The number of hydrogen-bond donors (Lipinski definition) is 3. The van der Waals surface area contributed by atoms with Crippen LogP contribution in [0.15, 0.2) is 48.5 Å². The van der Waals surface area contributed by atoms with Crippen LogP contribution in [0.3, 0.4) is 0 Å². The Morgan fingerprint density at radius 1 is 1.09 bits per heavy atom. The molecule has 0 aromatic heterocycles. The van der Waals surface area contributed by atoms with Gasteiger partial charge in [0.2, 0.25) is 5.91 Å². The van der Waals surface area contributed by atoms with Crippen molar-refractivity contribution in [2.24, 2.45) is 0 Å². The highest BCUT2D eigenvalue weighted by Gasteiger charge is 2.39. The maximum Gasteiger partial charge on any atom is 0.407 e. The largest absolute Gasteiger partial charge is 0.480 e. The smallest absolute Gasteiger partial charge is 0.407 e. The van der Waals surface area contributed by atoms with Crippen molar-refractivity contribution in [1.82, 2.24) is 10.2 Å². The number of nitrogens with zero attached hydrogens (tertiary/aromatic N) is 1. The van der Waals surface area contributed by atoms with Crippen molar-refractivity contribution in [3.8, 4) is 11.1 Å². The van der Waals surface area contributed by atoms with Gasteiger partial charge in [-0.05, 0) is 29.2 Å². The molecule has 8 heteroatoms. The van der Waals surface area contributed by atoms with Gasteiger partial charge in [-0.1, -0.05) is 48.5 Å². The van der Waals surface area contributed by atoms with Gasteiger partial charge in [0.15, 0.2) is 0 Å². The van der Waals surface area contributed by atoms with E-state index in [2.05, 4.69) is 17.4 Å². The third-order valence-electron chi connectivity index (χ3n) is 6.07. The molecule has 8 nitrogen and oxygen atoms in total. The number of fused-ring (bicyclic) bond motifs is 3. The highest BCUT2D eigenvalue weighted by Crippen LogP contribution is 2.44. The summed E-state index contributed by atoms with van der Waals surface area (Å²) in [5, 5.41) is 21.6. The molecular formula is C24H26N2O6. The average molecular weight is 438 g/mol. The van der Waals surface area contributed by atoms with Crippen LogP contribution in [0.2, 0.25) is 0 Å². The number of amides is 2. The van der Waals surface area contributed by atoms with E-state index in [0.717, 1.165) is 27.2 Å². The predicted octanol–water partition coefficient (Wildman–Crippen LogP) is 2.35. The molecule has 1 aliphatic carbocycles. The van der Waals surface area contributed by atoms with Crippen LogP contribution in [0.25, 0.3) is 11.1 Å². The molecule has 3 atom stereocenters. The SMILES string of the molecule is C[C@H](CC(=O)N1C[C@H](O)C[C@@H]1C(=O)O)NC(=O)OCC1c2ccccc2-c2ccccc21. The van der Waals surface area contributed by atoms with Crippen LogP contribution in [-0.2, 0) is 14.3 Å². The van der Waals surface area contributed by atoms with E-state index in [0.29, 0.717) is 0 Å². The van der Waals surface area contributed by atoms with Crippen LogP contribution in [0.5, 0.6) is 0 Å². The molecule has 2 aromatic carbocycles. The molecule has 32 heavy (non-hydrogen) atoms. The second-order valence-corrected chi connectivity index (χ2v) is 8.36. The van der Waals surface area contributed by atoms with Gasteiger partial charge in [0, 0.05) is 31.3 Å². The lowest BCUT2D eigenvalue weighted by Gasteiger charge is -2.23. The van der Waals surface area contributed by atoms with Crippen LogP contribution in [0, 0.1) is 0 Å². The molecule has 2 aliphatic rings. The Morgan fingerprint density at radius 2 is 1.69 bits per heavy atom. The van der Waals surface area contributed by atoms with Gasteiger partial charge >= 0.3 is 12.1 Å². The monoisotopic (exact) mass is 438 g/mol. The van der Waals surface area contributed by atoms with E-state index < -0.39 is 36.2 Å². The quantitative estimate of drug-likeness (QED) is 0.638. The zero-order valence-corrected chi connectivity index (χ0v) is 17.7. The minimum Gasteiger partial charge on any atom is -0.480 e. The van der Waals surface area contributed by atoms with E-state index in [1.165, 1.54) is 0 Å². The minimum absolute atomic E-state index is 0.00919. The van der Waals surface area contributed by atoms with Crippen molar-refractivity contribution in [3.63, 3.8) is 0 Å². The zero-order valence-electron chi connectivity index (χ0n) is 17.7. The molecule has 0 spiro atoms. The molecular weight excluding hydrogens is 412 g/mol. The maximum absolute atomic E-state index is 12.5. The van der Waals surface area contributed by atoms with Gasteiger partial charge < -0.3 is 25.2 Å². The summed E-state index contributed by atoms with van der Waals surface area (Å²) in [7, 11) is 0. The predicted molar refractivity (Wildman–Crippen MR) is 116 cm³/mol. The molecule has 0 saturated carbocycles. The fourth-order valence-corrected chi connectivity index (χ4v) is 4.60. The van der Waals surface area contributed by atoms with Crippen LogP contribution in [0.4, 0.5) is 4.79 Å². The van der Waals surface area contributed by atoms with E-state index >= 15 is 0 Å². The number of β-amino-alcohol motifs (C(OH)–C–C–N with tert-alkyl or cyclic N) is 1. The third kappa shape index (κ3) is 4.31. The van der Waals surface area contributed by atoms with Crippen LogP contribution >= 0.6 is 0 Å². The number of rotatable bonds is 6. The average Bonchev–Trinajstić information content (AvgIpc) is 3.31. The number of nitrogens with one attached hydrogen (secondary N) is 1. The zero-order chi connectivity index (χ0) is 22.8. The number of carboxylic acid groups (broad SMARTS) is 1. The Kier molecular flexibility index (Phi) is 6.14. The molecule has 2 amide bonds. The van der Waals surface area contributed by atoms with Gasteiger partial charge in [0.25, 0.3) is 0 Å². The Hall–Kier alpha value is -3.39. The molecule has 3 N–H and O–H groups in total. The summed E-state index contributed by atoms with van der Waals surface area (Å²) in [4.78, 5) is 37.3. The lowest BCUT2D eigenvalue weighted by Crippen LogP contribution is -2.44. The first-order valence-electron chi connectivity index (χ1n) is 10.7. The summed E-state index contributed by atoms with van der Waals surface area (Å²) in [5.74, 6) is -1.64.